The number of aromatic nitrogens is 4. The van der Waals surface area contributed by atoms with Crippen LogP contribution in [-0.4, -0.2) is 19.6 Å². The molecule has 0 bridgehead atoms. The monoisotopic (exact) mass is 286 g/mol. The summed E-state index contributed by atoms with van der Waals surface area (Å²) in [6.45, 7) is 0. The van der Waals surface area contributed by atoms with Gasteiger partial charge in [0.05, 0.1) is 11.9 Å². The highest BCUT2D eigenvalue weighted by molar-refractivity contribution is 7.15. The molecular formula is C13H7FN4OS. The van der Waals surface area contributed by atoms with Gasteiger partial charge in [0, 0.05) is 5.38 Å². The second-order valence-electron chi connectivity index (χ2n) is 4.30. The summed E-state index contributed by atoms with van der Waals surface area (Å²) in [4.78, 5) is 17.4. The molecule has 0 radical (unpaired) electrons. The second-order valence-corrected chi connectivity index (χ2v) is 5.13. The van der Waals surface area contributed by atoms with E-state index in [-0.39, 0.29) is 11.4 Å². The fraction of sp³-hybridized carbons (Fsp3) is 0. The summed E-state index contributed by atoms with van der Waals surface area (Å²) in [5.41, 5.74) is 1.76. The van der Waals surface area contributed by atoms with Gasteiger partial charge in [0.15, 0.2) is 10.6 Å². The van der Waals surface area contributed by atoms with Crippen LogP contribution in [0.15, 0.2) is 40.6 Å². The minimum absolute atomic E-state index is 0.181. The topological polar surface area (TPSA) is 63.0 Å². The molecule has 0 amide bonds. The van der Waals surface area contributed by atoms with Gasteiger partial charge in [0.1, 0.15) is 11.2 Å². The Morgan fingerprint density at radius 1 is 1.25 bits per heavy atom. The summed E-state index contributed by atoms with van der Waals surface area (Å²) in [6.07, 6.45) is 1.46. The molecule has 5 nitrogen and oxygen atoms in total. The van der Waals surface area contributed by atoms with Gasteiger partial charge < -0.3 is 0 Å². The fourth-order valence-corrected chi connectivity index (χ4v) is 3.03. The molecule has 1 aromatic carbocycles. The molecule has 0 unspecified atom stereocenters. The predicted octanol–water partition coefficient (Wildman–Crippen LogP) is 2.44. The van der Waals surface area contributed by atoms with Gasteiger partial charge in [-0.15, -0.1) is 11.3 Å². The van der Waals surface area contributed by atoms with Gasteiger partial charge in [0.2, 0.25) is 0 Å². The number of hydrogen-bond acceptors (Lipinski definition) is 4. The van der Waals surface area contributed by atoms with Crippen molar-refractivity contribution >= 4 is 27.3 Å². The molecule has 0 atom stereocenters. The van der Waals surface area contributed by atoms with Gasteiger partial charge in [-0.1, -0.05) is 0 Å². The van der Waals surface area contributed by atoms with Gasteiger partial charge >= 0.3 is 0 Å². The van der Waals surface area contributed by atoms with E-state index in [0.29, 0.717) is 21.7 Å². The minimum atomic E-state index is -0.309. The summed E-state index contributed by atoms with van der Waals surface area (Å²) in [7, 11) is 0. The zero-order chi connectivity index (χ0) is 13.7. The molecule has 4 rings (SSSR count). The van der Waals surface area contributed by atoms with Crippen molar-refractivity contribution in [3.05, 3.63) is 52.0 Å². The van der Waals surface area contributed by atoms with Crippen molar-refractivity contribution < 1.29 is 4.39 Å². The van der Waals surface area contributed by atoms with E-state index in [1.54, 1.807) is 12.1 Å². The molecule has 3 aromatic heterocycles. The summed E-state index contributed by atoms with van der Waals surface area (Å²) in [5, 5.41) is 8.80. The van der Waals surface area contributed by atoms with Crippen LogP contribution in [0.4, 0.5) is 4.39 Å². The summed E-state index contributed by atoms with van der Waals surface area (Å²) in [6, 6.07) is 6.02. The maximum absolute atomic E-state index is 13.0. The first kappa shape index (κ1) is 11.3. The van der Waals surface area contributed by atoms with Crippen molar-refractivity contribution in [3.8, 4) is 11.3 Å². The standard InChI is InChI=1S/C13H7FN4OS/c14-8-3-1-7(2-4-8)10-6-20-13-16-11-9(5-15-17-11)12(19)18(10)13/h1-6H,(H,15,17). The van der Waals surface area contributed by atoms with Gasteiger partial charge in [-0.2, -0.15) is 5.10 Å². The Morgan fingerprint density at radius 3 is 2.85 bits per heavy atom. The minimum Gasteiger partial charge on any atom is -0.268 e. The van der Waals surface area contributed by atoms with E-state index in [2.05, 4.69) is 15.2 Å². The van der Waals surface area contributed by atoms with E-state index in [4.69, 9.17) is 0 Å². The number of benzene rings is 1. The number of aromatic amines is 1. The molecule has 0 saturated heterocycles. The molecular weight excluding hydrogens is 279 g/mol. The predicted molar refractivity (Wildman–Crippen MR) is 74.4 cm³/mol. The number of thiazole rings is 1. The third-order valence-corrected chi connectivity index (χ3v) is 3.93. The Bertz CT molecular complexity index is 983. The largest absolute Gasteiger partial charge is 0.270 e. The lowest BCUT2D eigenvalue weighted by Crippen LogP contribution is -2.13. The van der Waals surface area contributed by atoms with E-state index in [9.17, 15) is 9.18 Å². The highest BCUT2D eigenvalue weighted by Gasteiger charge is 2.13. The van der Waals surface area contributed by atoms with E-state index >= 15 is 0 Å². The van der Waals surface area contributed by atoms with Gasteiger partial charge in [-0.05, 0) is 29.8 Å². The molecule has 98 valence electrons. The van der Waals surface area contributed by atoms with Crippen LogP contribution in [0.25, 0.3) is 27.3 Å². The van der Waals surface area contributed by atoms with Crippen LogP contribution in [0.2, 0.25) is 0 Å². The van der Waals surface area contributed by atoms with Crippen LogP contribution in [-0.2, 0) is 0 Å². The summed E-state index contributed by atoms with van der Waals surface area (Å²) in [5.74, 6) is -0.309. The zero-order valence-electron chi connectivity index (χ0n) is 10.0. The van der Waals surface area contributed by atoms with E-state index in [0.717, 1.165) is 5.56 Å². The normalized spacial score (nSPS) is 11.4. The van der Waals surface area contributed by atoms with Gasteiger partial charge in [0.25, 0.3) is 5.56 Å². The van der Waals surface area contributed by atoms with Crippen LogP contribution < -0.4 is 5.56 Å². The van der Waals surface area contributed by atoms with Gasteiger partial charge in [-0.3, -0.25) is 14.3 Å². The third-order valence-electron chi connectivity index (χ3n) is 3.11. The smallest absolute Gasteiger partial charge is 0.268 e. The van der Waals surface area contributed by atoms with E-state index in [1.165, 1.54) is 34.1 Å². The SMILES string of the molecule is O=c1c2cn[nH]c2nc2scc(-c3ccc(F)cc3)n12. The van der Waals surface area contributed by atoms with Crippen LogP contribution in [0.1, 0.15) is 0 Å². The maximum atomic E-state index is 13.0. The number of hydrogen-bond donors (Lipinski definition) is 1. The summed E-state index contributed by atoms with van der Waals surface area (Å²) >= 11 is 1.36. The highest BCUT2D eigenvalue weighted by atomic mass is 32.1. The Hall–Kier alpha value is -2.54. The third kappa shape index (κ3) is 1.50. The van der Waals surface area contributed by atoms with Crippen LogP contribution in [0.5, 0.6) is 0 Å². The van der Waals surface area contributed by atoms with Crippen molar-refractivity contribution in [1.82, 2.24) is 19.6 Å². The molecule has 20 heavy (non-hydrogen) atoms. The van der Waals surface area contributed by atoms with Crippen LogP contribution in [0.3, 0.4) is 0 Å². The van der Waals surface area contributed by atoms with E-state index < -0.39 is 0 Å². The first-order chi connectivity index (χ1) is 9.74. The molecule has 4 aromatic rings. The first-order valence-corrected chi connectivity index (χ1v) is 6.71. The highest BCUT2D eigenvalue weighted by Crippen LogP contribution is 2.24. The lowest BCUT2D eigenvalue weighted by atomic mass is 10.2. The molecule has 3 heterocycles. The maximum Gasteiger partial charge on any atom is 0.270 e. The number of nitrogens with one attached hydrogen (secondary N) is 1. The molecule has 7 heteroatoms. The molecule has 0 spiro atoms. The first-order valence-electron chi connectivity index (χ1n) is 5.83. The van der Waals surface area contributed by atoms with Crippen molar-refractivity contribution in [1.29, 1.82) is 0 Å². The van der Waals surface area contributed by atoms with Gasteiger partial charge in [-0.25, -0.2) is 9.37 Å². The molecule has 0 saturated carbocycles. The molecule has 1 N–H and O–H groups in total. The number of H-pyrrole nitrogens is 1. The van der Waals surface area contributed by atoms with Crippen molar-refractivity contribution in [2.45, 2.75) is 0 Å². The van der Waals surface area contributed by atoms with Crippen molar-refractivity contribution in [3.63, 3.8) is 0 Å². The quantitative estimate of drug-likeness (QED) is 0.584. The van der Waals surface area contributed by atoms with Crippen LogP contribution >= 0.6 is 11.3 Å². The molecule has 0 fully saturated rings. The Kier molecular flexibility index (Phi) is 2.25. The van der Waals surface area contributed by atoms with E-state index in [1.807, 2.05) is 5.38 Å². The number of fused-ring (bicyclic) bond motifs is 2. The second kappa shape index (κ2) is 3.97. The molecule has 0 aliphatic rings. The number of halogens is 1. The average molecular weight is 286 g/mol. The molecule has 0 aliphatic heterocycles. The fourth-order valence-electron chi connectivity index (χ4n) is 2.14. The lowest BCUT2D eigenvalue weighted by Gasteiger charge is -2.01. The average Bonchev–Trinajstić information content (AvgIpc) is 3.07. The lowest BCUT2D eigenvalue weighted by molar-refractivity contribution is 0.628. The Labute approximate surface area is 115 Å². The number of nitrogens with zero attached hydrogens (tertiary/aromatic N) is 3. The van der Waals surface area contributed by atoms with Crippen molar-refractivity contribution in [2.24, 2.45) is 0 Å². The number of rotatable bonds is 1. The Morgan fingerprint density at radius 2 is 2.05 bits per heavy atom. The van der Waals surface area contributed by atoms with Crippen molar-refractivity contribution in [2.75, 3.05) is 0 Å². The molecule has 0 aliphatic carbocycles. The Balaban J connectivity index is 2.10. The van der Waals surface area contributed by atoms with Crippen LogP contribution in [0, 0.1) is 5.82 Å². The zero-order valence-corrected chi connectivity index (χ0v) is 10.8. The summed E-state index contributed by atoms with van der Waals surface area (Å²) < 4.78 is 14.5.